The van der Waals surface area contributed by atoms with Crippen molar-refractivity contribution in [2.45, 2.75) is 83.8 Å². The Balaban J connectivity index is 1.86. The molecule has 0 N–H and O–H groups in total. The van der Waals surface area contributed by atoms with Crippen LogP contribution in [0.4, 0.5) is 0 Å². The van der Waals surface area contributed by atoms with Crippen molar-refractivity contribution in [2.75, 3.05) is 6.61 Å². The first kappa shape index (κ1) is 17.1. The molecule has 2 heteroatoms. The van der Waals surface area contributed by atoms with Gasteiger partial charge in [-0.25, -0.2) is 0 Å². The SMILES string of the molecule is CCCCCC=CCCCCC#COC1CCCCO1. The van der Waals surface area contributed by atoms with Gasteiger partial charge in [0.1, 0.15) is 6.11 Å². The minimum Gasteiger partial charge on any atom is -0.414 e. The van der Waals surface area contributed by atoms with E-state index in [1.807, 2.05) is 0 Å². The molecule has 0 bridgehead atoms. The highest BCUT2D eigenvalue weighted by Crippen LogP contribution is 2.12. The molecule has 1 heterocycles. The third-order valence-corrected chi connectivity index (χ3v) is 3.46. The van der Waals surface area contributed by atoms with Crippen molar-refractivity contribution in [3.05, 3.63) is 12.2 Å². The number of hydrogen-bond acceptors (Lipinski definition) is 2. The predicted octanol–water partition coefficient (Wildman–Crippen LogP) is 5.19. The highest BCUT2D eigenvalue weighted by atomic mass is 16.7. The monoisotopic (exact) mass is 278 g/mol. The molecule has 1 unspecified atom stereocenters. The molecular weight excluding hydrogens is 248 g/mol. The summed E-state index contributed by atoms with van der Waals surface area (Å²) in [5.74, 6) is 3.08. The van der Waals surface area contributed by atoms with Gasteiger partial charge in [-0.15, -0.1) is 0 Å². The van der Waals surface area contributed by atoms with Crippen LogP contribution in [-0.2, 0) is 9.47 Å². The third kappa shape index (κ3) is 9.92. The molecular formula is C18H30O2. The number of rotatable bonds is 9. The van der Waals surface area contributed by atoms with E-state index in [4.69, 9.17) is 9.47 Å². The fourth-order valence-electron chi connectivity index (χ4n) is 2.19. The van der Waals surface area contributed by atoms with E-state index in [0.717, 1.165) is 32.3 Å². The van der Waals surface area contributed by atoms with Crippen LogP contribution in [-0.4, -0.2) is 12.9 Å². The second-order valence-corrected chi connectivity index (χ2v) is 5.41. The number of unbranched alkanes of at least 4 members (excludes halogenated alkanes) is 6. The van der Waals surface area contributed by atoms with Gasteiger partial charge in [-0.1, -0.05) is 37.8 Å². The summed E-state index contributed by atoms with van der Waals surface area (Å²) in [5.41, 5.74) is 0. The Kier molecular flexibility index (Phi) is 11.2. The minimum atomic E-state index is -0.0812. The summed E-state index contributed by atoms with van der Waals surface area (Å²) < 4.78 is 10.8. The highest BCUT2D eigenvalue weighted by Gasteiger charge is 2.12. The van der Waals surface area contributed by atoms with Gasteiger partial charge < -0.3 is 9.47 Å². The maximum Gasteiger partial charge on any atom is 0.210 e. The maximum atomic E-state index is 5.44. The van der Waals surface area contributed by atoms with Crippen LogP contribution in [0.1, 0.15) is 77.6 Å². The molecule has 0 aliphatic carbocycles. The first-order chi connectivity index (χ1) is 9.93. The van der Waals surface area contributed by atoms with E-state index in [1.165, 1.54) is 44.9 Å². The van der Waals surface area contributed by atoms with Crippen LogP contribution in [0, 0.1) is 12.0 Å². The lowest BCUT2D eigenvalue weighted by Gasteiger charge is -2.19. The summed E-state index contributed by atoms with van der Waals surface area (Å²) >= 11 is 0. The molecule has 0 spiro atoms. The van der Waals surface area contributed by atoms with Gasteiger partial charge in [0.2, 0.25) is 6.29 Å². The highest BCUT2D eigenvalue weighted by molar-refractivity contribution is 4.92. The van der Waals surface area contributed by atoms with Crippen molar-refractivity contribution >= 4 is 0 Å². The van der Waals surface area contributed by atoms with Crippen molar-refractivity contribution in [1.82, 2.24) is 0 Å². The van der Waals surface area contributed by atoms with E-state index >= 15 is 0 Å². The molecule has 0 saturated carbocycles. The van der Waals surface area contributed by atoms with E-state index in [9.17, 15) is 0 Å². The summed E-state index contributed by atoms with van der Waals surface area (Å²) in [7, 11) is 0. The zero-order valence-electron chi connectivity index (χ0n) is 13.0. The first-order valence-electron chi connectivity index (χ1n) is 8.33. The Labute approximate surface area is 124 Å². The Morgan fingerprint density at radius 3 is 2.60 bits per heavy atom. The van der Waals surface area contributed by atoms with Crippen molar-refractivity contribution in [2.24, 2.45) is 0 Å². The van der Waals surface area contributed by atoms with Crippen molar-refractivity contribution < 1.29 is 9.47 Å². The molecule has 1 aliphatic rings. The zero-order valence-corrected chi connectivity index (χ0v) is 13.0. The zero-order chi connectivity index (χ0) is 14.3. The second kappa shape index (κ2) is 13.1. The van der Waals surface area contributed by atoms with E-state index < -0.39 is 0 Å². The third-order valence-electron chi connectivity index (χ3n) is 3.46. The lowest BCUT2D eigenvalue weighted by molar-refractivity contribution is -0.121. The van der Waals surface area contributed by atoms with Crippen LogP contribution < -0.4 is 0 Å². The molecule has 1 rings (SSSR count). The maximum absolute atomic E-state index is 5.44. The van der Waals surface area contributed by atoms with Gasteiger partial charge in [0.05, 0.1) is 6.61 Å². The van der Waals surface area contributed by atoms with E-state index in [2.05, 4.69) is 31.1 Å². The quantitative estimate of drug-likeness (QED) is 0.328. The smallest absolute Gasteiger partial charge is 0.210 e. The molecule has 1 saturated heterocycles. The van der Waals surface area contributed by atoms with Gasteiger partial charge in [0, 0.05) is 12.8 Å². The van der Waals surface area contributed by atoms with Crippen molar-refractivity contribution in [3.8, 4) is 12.0 Å². The minimum absolute atomic E-state index is 0.0812. The van der Waals surface area contributed by atoms with E-state index in [0.29, 0.717) is 0 Å². The van der Waals surface area contributed by atoms with Gasteiger partial charge in [-0.3, -0.25) is 0 Å². The molecule has 0 aromatic carbocycles. The summed E-state index contributed by atoms with van der Waals surface area (Å²) in [6.07, 6.45) is 20.4. The standard InChI is InChI=1S/C18H30O2/c1-2-3-4-5-6-7-8-9-10-11-13-16-19-18-15-12-14-17-20-18/h6-7,18H,2-5,8-12,14-15,17H2,1H3. The van der Waals surface area contributed by atoms with Gasteiger partial charge >= 0.3 is 0 Å². The Morgan fingerprint density at radius 2 is 1.90 bits per heavy atom. The van der Waals surface area contributed by atoms with Crippen molar-refractivity contribution in [1.29, 1.82) is 0 Å². The first-order valence-corrected chi connectivity index (χ1v) is 8.33. The second-order valence-electron chi connectivity index (χ2n) is 5.41. The fourth-order valence-corrected chi connectivity index (χ4v) is 2.19. The Hall–Kier alpha value is -0.940. The summed E-state index contributed by atoms with van der Waals surface area (Å²) in [5, 5.41) is 0. The van der Waals surface area contributed by atoms with Gasteiger partial charge in [0.25, 0.3) is 0 Å². The Bertz CT molecular complexity index is 292. The predicted molar refractivity (Wildman–Crippen MR) is 84.2 cm³/mol. The number of allylic oxidation sites excluding steroid dienone is 2. The van der Waals surface area contributed by atoms with Gasteiger partial charge in [0.15, 0.2) is 0 Å². The summed E-state index contributed by atoms with van der Waals surface area (Å²) in [4.78, 5) is 0. The average molecular weight is 278 g/mol. The van der Waals surface area contributed by atoms with Crippen LogP contribution in [0.2, 0.25) is 0 Å². The van der Waals surface area contributed by atoms with Crippen LogP contribution in [0.25, 0.3) is 0 Å². The largest absolute Gasteiger partial charge is 0.414 e. The lowest BCUT2D eigenvalue weighted by atomic mass is 10.1. The van der Waals surface area contributed by atoms with E-state index in [-0.39, 0.29) is 6.29 Å². The van der Waals surface area contributed by atoms with Crippen LogP contribution in [0.5, 0.6) is 0 Å². The molecule has 1 atom stereocenters. The van der Waals surface area contributed by atoms with Crippen LogP contribution in [0.15, 0.2) is 12.2 Å². The normalized spacial score (nSPS) is 18.8. The molecule has 114 valence electrons. The molecule has 20 heavy (non-hydrogen) atoms. The molecule has 1 fully saturated rings. The topological polar surface area (TPSA) is 18.5 Å². The summed E-state index contributed by atoms with van der Waals surface area (Å²) in [6.45, 7) is 3.06. The number of hydrogen-bond donors (Lipinski definition) is 0. The summed E-state index contributed by atoms with van der Waals surface area (Å²) in [6, 6.07) is 0. The molecule has 0 radical (unpaired) electrons. The molecule has 0 amide bonds. The van der Waals surface area contributed by atoms with Gasteiger partial charge in [-0.05, 0) is 44.9 Å². The molecule has 0 aromatic heterocycles. The van der Waals surface area contributed by atoms with Crippen LogP contribution in [0.3, 0.4) is 0 Å². The van der Waals surface area contributed by atoms with Crippen molar-refractivity contribution in [3.63, 3.8) is 0 Å². The Morgan fingerprint density at radius 1 is 1.10 bits per heavy atom. The average Bonchev–Trinajstić information content (AvgIpc) is 2.49. The molecule has 0 aromatic rings. The molecule has 1 aliphatic heterocycles. The molecule has 2 nitrogen and oxygen atoms in total. The van der Waals surface area contributed by atoms with Crippen LogP contribution >= 0.6 is 0 Å². The van der Waals surface area contributed by atoms with Gasteiger partial charge in [-0.2, -0.15) is 0 Å². The number of ether oxygens (including phenoxy) is 2. The lowest BCUT2D eigenvalue weighted by Crippen LogP contribution is -2.20. The van der Waals surface area contributed by atoms with E-state index in [1.54, 1.807) is 0 Å². The fraction of sp³-hybridized carbons (Fsp3) is 0.778.